The Balaban J connectivity index is 2.27. The molecule has 0 bridgehead atoms. The molecule has 2 aromatic heterocycles. The van der Waals surface area contributed by atoms with Crippen LogP contribution in [0.2, 0.25) is 5.02 Å². The first-order chi connectivity index (χ1) is 9.42. The first-order valence-corrected chi connectivity index (χ1v) is 8.28. The smallest absolute Gasteiger partial charge is 0.265 e. The Kier molecular flexibility index (Phi) is 4.41. The lowest BCUT2D eigenvalue weighted by molar-refractivity contribution is 0.601. The van der Waals surface area contributed by atoms with E-state index in [1.165, 1.54) is 12.3 Å². The predicted molar refractivity (Wildman–Crippen MR) is 78.9 cm³/mol. The first kappa shape index (κ1) is 14.9. The summed E-state index contributed by atoms with van der Waals surface area (Å²) in [6.45, 7) is 4.21. The molecule has 0 radical (unpaired) electrons. The fraction of sp³-hybridized carbons (Fsp3) is 0.300. The van der Waals surface area contributed by atoms with Gasteiger partial charge in [0.25, 0.3) is 10.0 Å². The maximum atomic E-state index is 12.1. The molecule has 2 rings (SSSR count). The number of aromatic nitrogens is 3. The van der Waals surface area contributed by atoms with Crippen molar-refractivity contribution in [3.05, 3.63) is 23.1 Å². The summed E-state index contributed by atoms with van der Waals surface area (Å²) in [7, 11) is -3.77. The second kappa shape index (κ2) is 5.90. The molecule has 0 fully saturated rings. The summed E-state index contributed by atoms with van der Waals surface area (Å²) >= 11 is 6.95. The summed E-state index contributed by atoms with van der Waals surface area (Å²) in [5.74, 6) is 0.950. The zero-order chi connectivity index (χ0) is 14.8. The molecule has 0 aromatic carbocycles. The van der Waals surface area contributed by atoms with E-state index in [1.807, 2.05) is 6.92 Å². The number of rotatable bonds is 5. The number of halogens is 1. The molecule has 2 N–H and O–H groups in total. The fourth-order valence-corrected chi connectivity index (χ4v) is 3.44. The van der Waals surface area contributed by atoms with Crippen molar-refractivity contribution in [1.82, 2.24) is 14.3 Å². The SMILES string of the molecule is CCNc1ncc(S(=O)(=O)Nc2nc(C)ns2)cc1Cl. The van der Waals surface area contributed by atoms with Crippen LogP contribution < -0.4 is 10.0 Å². The molecule has 2 aromatic rings. The Morgan fingerprint density at radius 3 is 2.75 bits per heavy atom. The van der Waals surface area contributed by atoms with Gasteiger partial charge in [0.1, 0.15) is 16.5 Å². The molecular weight excluding hydrogens is 322 g/mol. The van der Waals surface area contributed by atoms with Crippen LogP contribution in [0.15, 0.2) is 17.2 Å². The highest BCUT2D eigenvalue weighted by Gasteiger charge is 2.18. The summed E-state index contributed by atoms with van der Waals surface area (Å²) in [6, 6.07) is 1.34. The Bertz CT molecular complexity index is 716. The van der Waals surface area contributed by atoms with E-state index in [0.29, 0.717) is 18.2 Å². The van der Waals surface area contributed by atoms with Gasteiger partial charge >= 0.3 is 0 Å². The van der Waals surface area contributed by atoms with Crippen LogP contribution in [-0.4, -0.2) is 29.3 Å². The van der Waals surface area contributed by atoms with Crippen molar-refractivity contribution in [1.29, 1.82) is 0 Å². The van der Waals surface area contributed by atoms with Gasteiger partial charge in [0.05, 0.1) is 5.02 Å². The van der Waals surface area contributed by atoms with E-state index >= 15 is 0 Å². The van der Waals surface area contributed by atoms with Crippen LogP contribution in [0.5, 0.6) is 0 Å². The van der Waals surface area contributed by atoms with Crippen LogP contribution in [0.3, 0.4) is 0 Å². The summed E-state index contributed by atoms with van der Waals surface area (Å²) in [6.07, 6.45) is 1.24. The zero-order valence-electron chi connectivity index (χ0n) is 10.7. The van der Waals surface area contributed by atoms with Crippen LogP contribution in [0.4, 0.5) is 10.9 Å². The van der Waals surface area contributed by atoms with Gasteiger partial charge in [-0.05, 0) is 19.9 Å². The maximum absolute atomic E-state index is 12.1. The monoisotopic (exact) mass is 333 g/mol. The number of nitrogens with zero attached hydrogens (tertiary/aromatic N) is 3. The molecule has 2 heterocycles. The van der Waals surface area contributed by atoms with Gasteiger partial charge in [-0.15, -0.1) is 0 Å². The Labute approximate surface area is 125 Å². The number of aryl methyl sites for hydroxylation is 1. The summed E-state index contributed by atoms with van der Waals surface area (Å²) < 4.78 is 30.5. The number of pyridine rings is 1. The van der Waals surface area contributed by atoms with Crippen LogP contribution in [0, 0.1) is 6.92 Å². The van der Waals surface area contributed by atoms with Crippen LogP contribution in [0.1, 0.15) is 12.7 Å². The van der Waals surface area contributed by atoms with Crippen molar-refractivity contribution in [2.75, 3.05) is 16.6 Å². The second-order valence-electron chi connectivity index (χ2n) is 3.78. The molecule has 10 heteroatoms. The van der Waals surface area contributed by atoms with E-state index in [9.17, 15) is 8.42 Å². The maximum Gasteiger partial charge on any atom is 0.265 e. The number of nitrogens with one attached hydrogen (secondary N) is 2. The molecule has 0 amide bonds. The molecule has 7 nitrogen and oxygen atoms in total. The van der Waals surface area contributed by atoms with E-state index in [1.54, 1.807) is 6.92 Å². The van der Waals surface area contributed by atoms with E-state index < -0.39 is 10.0 Å². The van der Waals surface area contributed by atoms with Crippen molar-refractivity contribution in [3.8, 4) is 0 Å². The lowest BCUT2D eigenvalue weighted by atomic mass is 10.4. The van der Waals surface area contributed by atoms with Gasteiger partial charge in [-0.1, -0.05) is 11.6 Å². The summed E-state index contributed by atoms with van der Waals surface area (Å²) in [5.41, 5.74) is 0. The third-order valence-corrected chi connectivity index (χ3v) is 4.66. The first-order valence-electron chi connectivity index (χ1n) is 5.65. The van der Waals surface area contributed by atoms with Gasteiger partial charge in [0.15, 0.2) is 0 Å². The Hall–Kier alpha value is -1.45. The number of hydrogen-bond donors (Lipinski definition) is 2. The third kappa shape index (κ3) is 3.35. The van der Waals surface area contributed by atoms with E-state index in [4.69, 9.17) is 11.6 Å². The second-order valence-corrected chi connectivity index (χ2v) is 6.63. The topological polar surface area (TPSA) is 96.9 Å². The highest BCUT2D eigenvalue weighted by atomic mass is 35.5. The van der Waals surface area contributed by atoms with Crippen molar-refractivity contribution in [3.63, 3.8) is 0 Å². The van der Waals surface area contributed by atoms with Crippen molar-refractivity contribution < 1.29 is 8.42 Å². The van der Waals surface area contributed by atoms with Gasteiger partial charge in [-0.25, -0.2) is 18.4 Å². The lowest BCUT2D eigenvalue weighted by Crippen LogP contribution is -2.13. The number of sulfonamides is 1. The van der Waals surface area contributed by atoms with Crippen LogP contribution in [-0.2, 0) is 10.0 Å². The molecular formula is C10H12ClN5O2S2. The summed E-state index contributed by atoms with van der Waals surface area (Å²) in [5, 5.41) is 3.37. The predicted octanol–water partition coefficient (Wildman–Crippen LogP) is 2.13. The lowest BCUT2D eigenvalue weighted by Gasteiger charge is -2.08. The molecule has 0 unspecified atom stereocenters. The number of anilines is 2. The minimum atomic E-state index is -3.77. The van der Waals surface area contributed by atoms with E-state index in [2.05, 4.69) is 24.4 Å². The molecule has 108 valence electrons. The molecule has 0 aliphatic heterocycles. The van der Waals surface area contributed by atoms with Crippen molar-refractivity contribution in [2.45, 2.75) is 18.7 Å². The van der Waals surface area contributed by atoms with Crippen LogP contribution in [0.25, 0.3) is 0 Å². The average molecular weight is 334 g/mol. The molecule has 0 saturated carbocycles. The molecule has 0 aliphatic rings. The van der Waals surface area contributed by atoms with Crippen molar-refractivity contribution in [2.24, 2.45) is 0 Å². The van der Waals surface area contributed by atoms with Gasteiger partial charge in [0.2, 0.25) is 5.13 Å². The normalized spacial score (nSPS) is 11.3. The largest absolute Gasteiger partial charge is 0.369 e. The minimum absolute atomic E-state index is 0.0305. The quantitative estimate of drug-likeness (QED) is 0.870. The average Bonchev–Trinajstić information content (AvgIpc) is 2.76. The third-order valence-electron chi connectivity index (χ3n) is 2.22. The molecule has 0 spiro atoms. The Morgan fingerprint density at radius 1 is 1.45 bits per heavy atom. The molecule has 0 saturated heterocycles. The number of hydrogen-bond acceptors (Lipinski definition) is 7. The molecule has 20 heavy (non-hydrogen) atoms. The van der Waals surface area contributed by atoms with Gasteiger partial charge in [-0.2, -0.15) is 4.37 Å². The standard InChI is InChI=1S/C10H12ClN5O2S2/c1-3-12-9-8(11)4-7(5-13-9)20(17,18)16-10-14-6(2)15-19-10/h4-5H,3H2,1-2H3,(H,12,13)(H,14,15,16). The van der Waals surface area contributed by atoms with Crippen molar-refractivity contribution >= 4 is 44.1 Å². The highest BCUT2D eigenvalue weighted by Crippen LogP contribution is 2.24. The van der Waals surface area contributed by atoms with Crippen LogP contribution >= 0.6 is 23.1 Å². The highest BCUT2D eigenvalue weighted by molar-refractivity contribution is 7.93. The molecule has 0 aliphatic carbocycles. The zero-order valence-corrected chi connectivity index (χ0v) is 13.1. The van der Waals surface area contributed by atoms with E-state index in [-0.39, 0.29) is 15.0 Å². The van der Waals surface area contributed by atoms with Gasteiger partial charge < -0.3 is 5.32 Å². The Morgan fingerprint density at radius 2 is 2.20 bits per heavy atom. The van der Waals surface area contributed by atoms with Gasteiger partial charge in [0, 0.05) is 24.3 Å². The van der Waals surface area contributed by atoms with E-state index in [0.717, 1.165) is 11.5 Å². The fourth-order valence-electron chi connectivity index (χ4n) is 1.38. The van der Waals surface area contributed by atoms with Gasteiger partial charge in [-0.3, -0.25) is 4.72 Å². The minimum Gasteiger partial charge on any atom is -0.369 e. The molecule has 0 atom stereocenters. The summed E-state index contributed by atoms with van der Waals surface area (Å²) in [4.78, 5) is 7.90.